The van der Waals surface area contributed by atoms with Crippen LogP contribution in [0.25, 0.3) is 0 Å². The van der Waals surface area contributed by atoms with Gasteiger partial charge in [-0.2, -0.15) is 0 Å². The van der Waals surface area contributed by atoms with E-state index in [0.717, 1.165) is 45.1 Å². The topological polar surface area (TPSA) is 48.9 Å². The van der Waals surface area contributed by atoms with E-state index in [-0.39, 0.29) is 29.5 Å². The zero-order valence-corrected chi connectivity index (χ0v) is 16.7. The van der Waals surface area contributed by atoms with Gasteiger partial charge >= 0.3 is 0 Å². The van der Waals surface area contributed by atoms with Gasteiger partial charge in [0.15, 0.2) is 5.96 Å². The third-order valence-corrected chi connectivity index (χ3v) is 4.94. The van der Waals surface area contributed by atoms with Crippen LogP contribution in [0, 0.1) is 0 Å². The number of ether oxygens (including phenoxy) is 1. The van der Waals surface area contributed by atoms with Crippen molar-refractivity contribution < 1.29 is 4.74 Å². The number of halogens is 1. The van der Waals surface area contributed by atoms with Gasteiger partial charge < -0.3 is 20.3 Å². The summed E-state index contributed by atoms with van der Waals surface area (Å²) in [6.07, 6.45) is 7.36. The largest absolute Gasteiger partial charge is 0.381 e. The van der Waals surface area contributed by atoms with Crippen LogP contribution in [-0.2, 0) is 4.74 Å². The van der Waals surface area contributed by atoms with Gasteiger partial charge in [-0.15, -0.1) is 24.0 Å². The van der Waals surface area contributed by atoms with Crippen molar-refractivity contribution in [2.45, 2.75) is 57.0 Å². The highest BCUT2D eigenvalue weighted by Crippen LogP contribution is 2.26. The number of hydrogen-bond acceptors (Lipinski definition) is 3. The van der Waals surface area contributed by atoms with Crippen LogP contribution >= 0.6 is 24.0 Å². The Bertz CT molecular complexity index is 337. The predicted octanol–water partition coefficient (Wildman–Crippen LogP) is 2.21. The van der Waals surface area contributed by atoms with Gasteiger partial charge in [0.05, 0.1) is 6.54 Å². The molecule has 2 N–H and O–H groups in total. The van der Waals surface area contributed by atoms with Crippen molar-refractivity contribution in [1.82, 2.24) is 15.5 Å². The molecule has 0 radical (unpaired) electrons. The molecule has 1 heterocycles. The lowest BCUT2D eigenvalue weighted by atomic mass is 9.89. The average molecular weight is 424 g/mol. The molecule has 130 valence electrons. The zero-order chi connectivity index (χ0) is 15.1. The Morgan fingerprint density at radius 2 is 1.86 bits per heavy atom. The Morgan fingerprint density at radius 3 is 2.41 bits per heavy atom. The van der Waals surface area contributed by atoms with Crippen molar-refractivity contribution in [2.24, 2.45) is 4.99 Å². The standard InChI is InChI=1S/C16H32N4O.HI/c1-4-17-15(19-14-7-5-6-8-14)18-13-16(20(2)3)9-11-21-12-10-16;/h14H,4-13H2,1-3H3,(H2,17,18,19);1H. The van der Waals surface area contributed by atoms with Gasteiger partial charge in [0, 0.05) is 31.3 Å². The summed E-state index contributed by atoms with van der Waals surface area (Å²) in [5.74, 6) is 0.983. The Balaban J connectivity index is 0.00000242. The maximum atomic E-state index is 5.53. The molecule has 1 aliphatic carbocycles. The second kappa shape index (κ2) is 9.93. The Morgan fingerprint density at radius 1 is 1.23 bits per heavy atom. The molecular formula is C16H33IN4O. The summed E-state index contributed by atoms with van der Waals surface area (Å²) >= 11 is 0. The summed E-state index contributed by atoms with van der Waals surface area (Å²) in [5.41, 5.74) is 0.149. The van der Waals surface area contributed by atoms with Gasteiger partial charge in [-0.25, -0.2) is 0 Å². The van der Waals surface area contributed by atoms with Gasteiger partial charge in [-0.3, -0.25) is 4.99 Å². The molecule has 0 aromatic rings. The first-order valence-electron chi connectivity index (χ1n) is 8.46. The highest BCUT2D eigenvalue weighted by atomic mass is 127. The third-order valence-electron chi connectivity index (χ3n) is 4.94. The number of likely N-dealkylation sites (N-methyl/N-ethyl adjacent to an activating group) is 1. The predicted molar refractivity (Wildman–Crippen MR) is 103 cm³/mol. The minimum absolute atomic E-state index is 0. The summed E-state index contributed by atoms with van der Waals surface area (Å²) < 4.78 is 5.53. The minimum atomic E-state index is 0. The van der Waals surface area contributed by atoms with Crippen molar-refractivity contribution >= 4 is 29.9 Å². The Hall–Kier alpha value is -0.0800. The summed E-state index contributed by atoms with van der Waals surface area (Å²) in [7, 11) is 4.33. The molecule has 5 nitrogen and oxygen atoms in total. The minimum Gasteiger partial charge on any atom is -0.381 e. The molecule has 2 fully saturated rings. The fraction of sp³-hybridized carbons (Fsp3) is 0.938. The fourth-order valence-corrected chi connectivity index (χ4v) is 3.31. The summed E-state index contributed by atoms with van der Waals surface area (Å²) in [6, 6.07) is 0.604. The van der Waals surface area contributed by atoms with Crippen molar-refractivity contribution in [3.63, 3.8) is 0 Å². The summed E-state index contributed by atoms with van der Waals surface area (Å²) in [6.45, 7) is 5.57. The van der Waals surface area contributed by atoms with Crippen LogP contribution < -0.4 is 10.6 Å². The van der Waals surface area contributed by atoms with E-state index >= 15 is 0 Å². The Kier molecular flexibility index (Phi) is 9.01. The van der Waals surface area contributed by atoms with Gasteiger partial charge in [-0.1, -0.05) is 12.8 Å². The van der Waals surface area contributed by atoms with E-state index in [9.17, 15) is 0 Å². The second-order valence-corrected chi connectivity index (χ2v) is 6.55. The molecule has 22 heavy (non-hydrogen) atoms. The highest BCUT2D eigenvalue weighted by molar-refractivity contribution is 14.0. The quantitative estimate of drug-likeness (QED) is 0.404. The number of hydrogen-bond donors (Lipinski definition) is 2. The number of rotatable bonds is 5. The van der Waals surface area contributed by atoms with Crippen LogP contribution in [0.1, 0.15) is 45.4 Å². The first-order chi connectivity index (χ1) is 10.2. The first kappa shape index (κ1) is 20.0. The lowest BCUT2D eigenvalue weighted by molar-refractivity contribution is -0.00255. The van der Waals surface area contributed by atoms with E-state index in [1.807, 2.05) is 0 Å². The zero-order valence-electron chi connectivity index (χ0n) is 14.4. The number of guanidine groups is 1. The van der Waals surface area contributed by atoms with E-state index in [1.54, 1.807) is 0 Å². The van der Waals surface area contributed by atoms with Crippen LogP contribution in [0.5, 0.6) is 0 Å². The molecule has 6 heteroatoms. The number of aliphatic imine (C=N–C) groups is 1. The molecule has 0 bridgehead atoms. The lowest BCUT2D eigenvalue weighted by Gasteiger charge is -2.41. The van der Waals surface area contributed by atoms with E-state index in [2.05, 4.69) is 36.6 Å². The molecule has 2 aliphatic rings. The molecule has 1 aliphatic heterocycles. The maximum Gasteiger partial charge on any atom is 0.191 e. The molecule has 0 aromatic heterocycles. The molecule has 1 saturated carbocycles. The fourth-order valence-electron chi connectivity index (χ4n) is 3.31. The van der Waals surface area contributed by atoms with E-state index in [1.165, 1.54) is 25.7 Å². The smallest absolute Gasteiger partial charge is 0.191 e. The molecule has 1 saturated heterocycles. The van der Waals surface area contributed by atoms with Crippen LogP contribution in [0.15, 0.2) is 4.99 Å². The van der Waals surface area contributed by atoms with E-state index in [4.69, 9.17) is 9.73 Å². The highest BCUT2D eigenvalue weighted by Gasteiger charge is 2.34. The molecule has 0 spiro atoms. The van der Waals surface area contributed by atoms with Crippen LogP contribution in [-0.4, -0.2) is 62.8 Å². The van der Waals surface area contributed by atoms with Crippen molar-refractivity contribution in [1.29, 1.82) is 0 Å². The second-order valence-electron chi connectivity index (χ2n) is 6.55. The van der Waals surface area contributed by atoms with Crippen LogP contribution in [0.4, 0.5) is 0 Å². The molecule has 0 unspecified atom stereocenters. The van der Waals surface area contributed by atoms with Gasteiger partial charge in [-0.05, 0) is 46.7 Å². The van der Waals surface area contributed by atoms with Crippen molar-refractivity contribution in [2.75, 3.05) is 40.4 Å². The average Bonchev–Trinajstić information content (AvgIpc) is 2.99. The lowest BCUT2D eigenvalue weighted by Crippen LogP contribution is -2.52. The van der Waals surface area contributed by atoms with Gasteiger partial charge in [0.25, 0.3) is 0 Å². The summed E-state index contributed by atoms with van der Waals surface area (Å²) in [5, 5.41) is 7.00. The molecule has 0 aromatic carbocycles. The van der Waals surface area contributed by atoms with Crippen molar-refractivity contribution in [3.8, 4) is 0 Å². The SMILES string of the molecule is CCNC(=NCC1(N(C)C)CCOCC1)NC1CCCC1.I. The molecular weight excluding hydrogens is 391 g/mol. The Labute approximate surface area is 152 Å². The molecule has 0 amide bonds. The van der Waals surface area contributed by atoms with E-state index in [0.29, 0.717) is 6.04 Å². The molecule has 0 atom stereocenters. The van der Waals surface area contributed by atoms with Crippen molar-refractivity contribution in [3.05, 3.63) is 0 Å². The van der Waals surface area contributed by atoms with Crippen LogP contribution in [0.2, 0.25) is 0 Å². The van der Waals surface area contributed by atoms with Gasteiger partial charge in [0.2, 0.25) is 0 Å². The first-order valence-corrected chi connectivity index (χ1v) is 8.46. The van der Waals surface area contributed by atoms with Crippen LogP contribution in [0.3, 0.4) is 0 Å². The monoisotopic (exact) mass is 424 g/mol. The van der Waals surface area contributed by atoms with E-state index < -0.39 is 0 Å². The molecule has 2 rings (SSSR count). The number of nitrogens with zero attached hydrogens (tertiary/aromatic N) is 2. The number of nitrogens with one attached hydrogen (secondary N) is 2. The van der Waals surface area contributed by atoms with Gasteiger partial charge in [0.1, 0.15) is 0 Å². The normalized spacial score (nSPS) is 22.5. The third kappa shape index (κ3) is 5.53. The summed E-state index contributed by atoms with van der Waals surface area (Å²) in [4.78, 5) is 7.22. The maximum absolute atomic E-state index is 5.53.